The SMILES string of the molecule is CCC(=O)Nc1cccc(NC(=O)CNc2cccc(C(=O)NC(C)C)c2)c1C. The van der Waals surface area contributed by atoms with Gasteiger partial charge >= 0.3 is 0 Å². The van der Waals surface area contributed by atoms with Crippen LogP contribution in [0, 0.1) is 6.92 Å². The number of hydrogen-bond donors (Lipinski definition) is 4. The number of amides is 3. The lowest BCUT2D eigenvalue weighted by Gasteiger charge is -2.14. The van der Waals surface area contributed by atoms with Crippen LogP contribution in [0.3, 0.4) is 0 Å². The Hall–Kier alpha value is -3.35. The summed E-state index contributed by atoms with van der Waals surface area (Å²) < 4.78 is 0. The molecule has 2 aromatic carbocycles. The molecule has 0 saturated carbocycles. The van der Waals surface area contributed by atoms with Crippen molar-refractivity contribution in [2.75, 3.05) is 22.5 Å². The van der Waals surface area contributed by atoms with E-state index in [-0.39, 0.29) is 30.3 Å². The molecule has 0 atom stereocenters. The summed E-state index contributed by atoms with van der Waals surface area (Å²) in [5.41, 5.74) is 3.30. The molecule has 0 saturated heterocycles. The molecule has 0 aliphatic carbocycles. The van der Waals surface area contributed by atoms with Crippen molar-refractivity contribution < 1.29 is 14.4 Å². The summed E-state index contributed by atoms with van der Waals surface area (Å²) >= 11 is 0. The summed E-state index contributed by atoms with van der Waals surface area (Å²) in [4.78, 5) is 36.1. The first-order valence-corrected chi connectivity index (χ1v) is 9.64. The molecule has 3 amide bonds. The molecule has 0 bridgehead atoms. The minimum Gasteiger partial charge on any atom is -0.376 e. The fourth-order valence-corrected chi connectivity index (χ4v) is 2.64. The summed E-state index contributed by atoms with van der Waals surface area (Å²) in [6.45, 7) is 7.46. The first kappa shape index (κ1) is 21.9. The van der Waals surface area contributed by atoms with Crippen LogP contribution >= 0.6 is 0 Å². The second kappa shape index (κ2) is 10.3. The molecule has 0 spiro atoms. The molecule has 0 fully saturated rings. The molecule has 154 valence electrons. The molecule has 0 heterocycles. The zero-order chi connectivity index (χ0) is 21.4. The van der Waals surface area contributed by atoms with Crippen LogP contribution in [0.1, 0.15) is 43.1 Å². The number of rotatable bonds is 8. The number of carbonyl (C=O) groups is 3. The van der Waals surface area contributed by atoms with E-state index in [4.69, 9.17) is 0 Å². The Labute approximate surface area is 171 Å². The number of hydrogen-bond acceptors (Lipinski definition) is 4. The second-order valence-electron chi connectivity index (χ2n) is 6.99. The molecule has 0 aromatic heterocycles. The van der Waals surface area contributed by atoms with Crippen molar-refractivity contribution in [2.45, 2.75) is 40.2 Å². The Morgan fingerprint density at radius 3 is 2.17 bits per heavy atom. The summed E-state index contributed by atoms with van der Waals surface area (Å²) in [7, 11) is 0. The Bertz CT molecular complexity index is 893. The molecule has 0 aliphatic rings. The first-order chi connectivity index (χ1) is 13.8. The lowest BCUT2D eigenvalue weighted by molar-refractivity contribution is -0.116. The highest BCUT2D eigenvalue weighted by Crippen LogP contribution is 2.23. The van der Waals surface area contributed by atoms with E-state index in [1.165, 1.54) is 0 Å². The third-order valence-electron chi connectivity index (χ3n) is 4.20. The van der Waals surface area contributed by atoms with E-state index in [1.54, 1.807) is 49.4 Å². The fourth-order valence-electron chi connectivity index (χ4n) is 2.64. The molecule has 29 heavy (non-hydrogen) atoms. The minimum absolute atomic E-state index is 0.0419. The van der Waals surface area contributed by atoms with E-state index in [2.05, 4.69) is 21.3 Å². The number of anilines is 3. The van der Waals surface area contributed by atoms with Crippen LogP contribution in [0.15, 0.2) is 42.5 Å². The summed E-state index contributed by atoms with van der Waals surface area (Å²) in [6.07, 6.45) is 0.383. The normalized spacial score (nSPS) is 10.4. The molecule has 7 nitrogen and oxygen atoms in total. The smallest absolute Gasteiger partial charge is 0.251 e. The average molecular weight is 396 g/mol. The van der Waals surface area contributed by atoms with Gasteiger partial charge in [0.1, 0.15) is 0 Å². The van der Waals surface area contributed by atoms with Crippen molar-refractivity contribution >= 4 is 34.8 Å². The maximum Gasteiger partial charge on any atom is 0.251 e. The molecule has 4 N–H and O–H groups in total. The van der Waals surface area contributed by atoms with Gasteiger partial charge in [-0.25, -0.2) is 0 Å². The highest BCUT2D eigenvalue weighted by atomic mass is 16.2. The van der Waals surface area contributed by atoms with E-state index in [0.717, 1.165) is 5.56 Å². The number of nitrogens with one attached hydrogen (secondary N) is 4. The summed E-state index contributed by atoms with van der Waals surface area (Å²) in [5.74, 6) is -0.474. The van der Waals surface area contributed by atoms with Gasteiger partial charge in [0, 0.05) is 35.1 Å². The van der Waals surface area contributed by atoms with Crippen molar-refractivity contribution in [1.82, 2.24) is 5.32 Å². The third-order valence-corrected chi connectivity index (χ3v) is 4.20. The van der Waals surface area contributed by atoms with E-state index in [0.29, 0.717) is 29.0 Å². The predicted molar refractivity (Wildman–Crippen MR) is 116 cm³/mol. The highest BCUT2D eigenvalue weighted by molar-refractivity contribution is 5.98. The van der Waals surface area contributed by atoms with Gasteiger partial charge in [-0.2, -0.15) is 0 Å². The highest BCUT2D eigenvalue weighted by Gasteiger charge is 2.11. The van der Waals surface area contributed by atoms with Crippen LogP contribution in [0.25, 0.3) is 0 Å². The molecule has 2 aromatic rings. The third kappa shape index (κ3) is 6.64. The Morgan fingerprint density at radius 2 is 1.55 bits per heavy atom. The van der Waals surface area contributed by atoms with Crippen LogP contribution in [0.2, 0.25) is 0 Å². The second-order valence-corrected chi connectivity index (χ2v) is 6.99. The topological polar surface area (TPSA) is 99.3 Å². The molecule has 0 radical (unpaired) electrons. The first-order valence-electron chi connectivity index (χ1n) is 9.64. The maximum absolute atomic E-state index is 12.4. The van der Waals surface area contributed by atoms with Crippen LogP contribution in [-0.2, 0) is 9.59 Å². The molecule has 0 aliphatic heterocycles. The van der Waals surface area contributed by atoms with Gasteiger partial charge in [0.15, 0.2) is 0 Å². The number of carbonyl (C=O) groups excluding carboxylic acids is 3. The van der Waals surface area contributed by atoms with Gasteiger partial charge in [0.2, 0.25) is 11.8 Å². The van der Waals surface area contributed by atoms with Crippen molar-refractivity contribution in [3.63, 3.8) is 0 Å². The van der Waals surface area contributed by atoms with Gasteiger partial charge in [-0.1, -0.05) is 19.1 Å². The lowest BCUT2D eigenvalue weighted by atomic mass is 10.1. The van der Waals surface area contributed by atoms with Gasteiger partial charge in [-0.05, 0) is 56.7 Å². The standard InChI is InChI=1S/C22H28N4O3/c1-5-20(27)25-18-10-7-11-19(15(18)4)26-21(28)13-23-17-9-6-8-16(12-17)22(29)24-14(2)3/h6-12,14,23H,5,13H2,1-4H3,(H,24,29)(H,25,27)(H,26,28). The predicted octanol–water partition coefficient (Wildman–Crippen LogP) is 3.53. The largest absolute Gasteiger partial charge is 0.376 e. The van der Waals surface area contributed by atoms with Gasteiger partial charge in [-0.3, -0.25) is 14.4 Å². The lowest BCUT2D eigenvalue weighted by Crippen LogP contribution is -2.30. The molecule has 2 rings (SSSR count). The van der Waals surface area contributed by atoms with E-state index in [1.807, 2.05) is 20.8 Å². The van der Waals surface area contributed by atoms with Gasteiger partial charge in [0.25, 0.3) is 5.91 Å². The van der Waals surface area contributed by atoms with E-state index < -0.39 is 0 Å². The zero-order valence-electron chi connectivity index (χ0n) is 17.3. The van der Waals surface area contributed by atoms with Crippen molar-refractivity contribution in [3.8, 4) is 0 Å². The summed E-state index contributed by atoms with van der Waals surface area (Å²) in [5, 5.41) is 11.5. The maximum atomic E-state index is 12.4. The van der Waals surface area contributed by atoms with Crippen LogP contribution < -0.4 is 21.3 Å². The van der Waals surface area contributed by atoms with Crippen LogP contribution in [0.4, 0.5) is 17.1 Å². The number of benzene rings is 2. The average Bonchev–Trinajstić information content (AvgIpc) is 2.69. The van der Waals surface area contributed by atoms with Crippen LogP contribution in [0.5, 0.6) is 0 Å². The van der Waals surface area contributed by atoms with Gasteiger partial charge < -0.3 is 21.3 Å². The van der Waals surface area contributed by atoms with E-state index >= 15 is 0 Å². The molecule has 7 heteroatoms. The minimum atomic E-state index is -0.232. The Balaban J connectivity index is 1.98. The van der Waals surface area contributed by atoms with Gasteiger partial charge in [0.05, 0.1) is 6.54 Å². The molecule has 0 unspecified atom stereocenters. The molecular weight excluding hydrogens is 368 g/mol. The summed E-state index contributed by atoms with van der Waals surface area (Å²) in [6, 6.07) is 12.4. The monoisotopic (exact) mass is 396 g/mol. The quantitative estimate of drug-likeness (QED) is 0.548. The van der Waals surface area contributed by atoms with Gasteiger partial charge in [-0.15, -0.1) is 0 Å². The van der Waals surface area contributed by atoms with Crippen molar-refractivity contribution in [3.05, 3.63) is 53.6 Å². The molecular formula is C22H28N4O3. The van der Waals surface area contributed by atoms with Crippen molar-refractivity contribution in [1.29, 1.82) is 0 Å². The van der Waals surface area contributed by atoms with Crippen LogP contribution in [-0.4, -0.2) is 30.3 Å². The Kier molecular flexibility index (Phi) is 7.77. The fraction of sp³-hybridized carbons (Fsp3) is 0.318. The Morgan fingerprint density at radius 1 is 0.931 bits per heavy atom. The van der Waals surface area contributed by atoms with E-state index in [9.17, 15) is 14.4 Å². The van der Waals surface area contributed by atoms with Crippen molar-refractivity contribution in [2.24, 2.45) is 0 Å². The zero-order valence-corrected chi connectivity index (χ0v) is 17.3.